The molecule has 0 saturated carbocycles. The maximum atomic E-state index is 5.87. The van der Waals surface area contributed by atoms with Crippen molar-refractivity contribution in [3.63, 3.8) is 0 Å². The SMILES string of the molecule is COc1ccc(N)c2c1CCNC2. The van der Waals surface area contributed by atoms with Gasteiger partial charge in [0.2, 0.25) is 0 Å². The van der Waals surface area contributed by atoms with E-state index in [2.05, 4.69) is 5.32 Å². The molecule has 1 aromatic rings. The molecule has 0 spiro atoms. The first-order valence-electron chi connectivity index (χ1n) is 4.48. The molecule has 0 aliphatic carbocycles. The monoisotopic (exact) mass is 178 g/mol. The maximum Gasteiger partial charge on any atom is 0.122 e. The Morgan fingerprint density at radius 1 is 1.38 bits per heavy atom. The van der Waals surface area contributed by atoms with Crippen LogP contribution in [0.3, 0.4) is 0 Å². The van der Waals surface area contributed by atoms with E-state index in [1.54, 1.807) is 7.11 Å². The summed E-state index contributed by atoms with van der Waals surface area (Å²) in [6.45, 7) is 1.87. The van der Waals surface area contributed by atoms with Gasteiger partial charge in [0.15, 0.2) is 0 Å². The first-order chi connectivity index (χ1) is 6.33. The third-order valence-electron chi connectivity index (χ3n) is 2.50. The molecule has 0 unspecified atom stereocenters. The summed E-state index contributed by atoms with van der Waals surface area (Å²) in [4.78, 5) is 0. The molecule has 3 nitrogen and oxygen atoms in total. The van der Waals surface area contributed by atoms with Crippen molar-refractivity contribution < 1.29 is 4.74 Å². The normalized spacial score (nSPS) is 15.2. The third kappa shape index (κ3) is 1.35. The fourth-order valence-electron chi connectivity index (χ4n) is 1.79. The molecule has 3 N–H and O–H groups in total. The highest BCUT2D eigenvalue weighted by Gasteiger charge is 2.15. The summed E-state index contributed by atoms with van der Waals surface area (Å²) in [6, 6.07) is 3.85. The number of benzene rings is 1. The standard InChI is InChI=1S/C10H14N2O/c1-13-10-3-2-9(11)8-6-12-5-4-7(8)10/h2-3,12H,4-6,11H2,1H3. The van der Waals surface area contributed by atoms with Crippen LogP contribution in [0, 0.1) is 0 Å². The molecular weight excluding hydrogens is 164 g/mol. The van der Waals surface area contributed by atoms with E-state index in [-0.39, 0.29) is 0 Å². The van der Waals surface area contributed by atoms with Crippen LogP contribution in [-0.4, -0.2) is 13.7 Å². The van der Waals surface area contributed by atoms with Gasteiger partial charge in [0, 0.05) is 17.8 Å². The number of anilines is 1. The second kappa shape index (κ2) is 3.26. The molecule has 3 heteroatoms. The van der Waals surface area contributed by atoms with E-state index in [1.165, 1.54) is 11.1 Å². The molecule has 1 aliphatic heterocycles. The molecule has 1 heterocycles. The predicted molar refractivity (Wildman–Crippen MR) is 52.8 cm³/mol. The maximum absolute atomic E-state index is 5.87. The van der Waals surface area contributed by atoms with Crippen LogP contribution in [0.2, 0.25) is 0 Å². The highest BCUT2D eigenvalue weighted by molar-refractivity contribution is 5.57. The van der Waals surface area contributed by atoms with Crippen LogP contribution >= 0.6 is 0 Å². The van der Waals surface area contributed by atoms with E-state index >= 15 is 0 Å². The van der Waals surface area contributed by atoms with Gasteiger partial charge in [-0.1, -0.05) is 0 Å². The van der Waals surface area contributed by atoms with Crippen molar-refractivity contribution in [2.24, 2.45) is 0 Å². The zero-order valence-electron chi connectivity index (χ0n) is 7.76. The van der Waals surface area contributed by atoms with E-state index in [0.717, 1.165) is 30.9 Å². The summed E-state index contributed by atoms with van der Waals surface area (Å²) in [5.41, 5.74) is 9.20. The van der Waals surface area contributed by atoms with Crippen LogP contribution in [0.5, 0.6) is 5.75 Å². The predicted octanol–water partition coefficient (Wildman–Crippen LogP) is 0.923. The number of methoxy groups -OCH3 is 1. The highest BCUT2D eigenvalue weighted by Crippen LogP contribution is 2.29. The third-order valence-corrected chi connectivity index (χ3v) is 2.50. The van der Waals surface area contributed by atoms with Crippen LogP contribution in [0.1, 0.15) is 11.1 Å². The topological polar surface area (TPSA) is 47.3 Å². The lowest BCUT2D eigenvalue weighted by Gasteiger charge is -2.21. The Kier molecular flexibility index (Phi) is 2.10. The Hall–Kier alpha value is -1.22. The summed E-state index contributed by atoms with van der Waals surface area (Å²) >= 11 is 0. The van der Waals surface area contributed by atoms with Crippen LogP contribution in [0.4, 0.5) is 5.69 Å². The molecule has 70 valence electrons. The van der Waals surface area contributed by atoms with E-state index in [4.69, 9.17) is 10.5 Å². The Morgan fingerprint density at radius 2 is 2.23 bits per heavy atom. The first kappa shape index (κ1) is 8.38. The van der Waals surface area contributed by atoms with Crippen molar-refractivity contribution in [1.29, 1.82) is 0 Å². The molecule has 0 aromatic heterocycles. The molecule has 0 amide bonds. The van der Waals surface area contributed by atoms with Gasteiger partial charge in [0.1, 0.15) is 5.75 Å². The summed E-state index contributed by atoms with van der Waals surface area (Å²) in [5.74, 6) is 0.964. The van der Waals surface area contributed by atoms with Crippen molar-refractivity contribution in [3.8, 4) is 5.75 Å². The summed E-state index contributed by atoms with van der Waals surface area (Å²) < 4.78 is 5.28. The van der Waals surface area contributed by atoms with Crippen LogP contribution in [-0.2, 0) is 13.0 Å². The number of nitrogens with two attached hydrogens (primary N) is 1. The zero-order valence-corrected chi connectivity index (χ0v) is 7.76. The minimum atomic E-state index is 0.859. The van der Waals surface area contributed by atoms with Gasteiger partial charge in [-0.15, -0.1) is 0 Å². The van der Waals surface area contributed by atoms with Crippen molar-refractivity contribution in [2.45, 2.75) is 13.0 Å². The lowest BCUT2D eigenvalue weighted by atomic mass is 9.98. The number of rotatable bonds is 1. The van der Waals surface area contributed by atoms with E-state index < -0.39 is 0 Å². The van der Waals surface area contributed by atoms with E-state index in [0.29, 0.717) is 0 Å². The number of hydrogen-bond acceptors (Lipinski definition) is 3. The Balaban J connectivity index is 2.52. The fraction of sp³-hybridized carbons (Fsp3) is 0.400. The van der Waals surface area contributed by atoms with Crippen molar-refractivity contribution >= 4 is 5.69 Å². The van der Waals surface area contributed by atoms with Crippen LogP contribution in [0.25, 0.3) is 0 Å². The molecular formula is C10H14N2O. The van der Waals surface area contributed by atoms with Gasteiger partial charge in [0.05, 0.1) is 7.11 Å². The average molecular weight is 178 g/mol. The van der Waals surface area contributed by atoms with Gasteiger partial charge >= 0.3 is 0 Å². The van der Waals surface area contributed by atoms with E-state index in [1.807, 2.05) is 12.1 Å². The number of nitrogens with one attached hydrogen (secondary N) is 1. The zero-order chi connectivity index (χ0) is 9.26. The lowest BCUT2D eigenvalue weighted by molar-refractivity contribution is 0.406. The average Bonchev–Trinajstić information content (AvgIpc) is 2.19. The molecule has 0 radical (unpaired) electrons. The molecule has 2 rings (SSSR count). The van der Waals surface area contributed by atoms with Gasteiger partial charge < -0.3 is 15.8 Å². The van der Waals surface area contributed by atoms with E-state index in [9.17, 15) is 0 Å². The summed E-state index contributed by atoms with van der Waals surface area (Å²) in [6.07, 6.45) is 1.00. The molecule has 0 fully saturated rings. The molecule has 0 saturated heterocycles. The largest absolute Gasteiger partial charge is 0.496 e. The highest BCUT2D eigenvalue weighted by atomic mass is 16.5. The first-order valence-corrected chi connectivity index (χ1v) is 4.48. The Morgan fingerprint density at radius 3 is 3.00 bits per heavy atom. The van der Waals surface area contributed by atoms with Crippen molar-refractivity contribution in [3.05, 3.63) is 23.3 Å². The number of hydrogen-bond donors (Lipinski definition) is 2. The second-order valence-electron chi connectivity index (χ2n) is 3.24. The number of nitrogen functional groups attached to an aromatic ring is 1. The molecule has 1 aliphatic rings. The lowest BCUT2D eigenvalue weighted by Crippen LogP contribution is -2.25. The van der Waals surface area contributed by atoms with Crippen LogP contribution < -0.4 is 15.8 Å². The smallest absolute Gasteiger partial charge is 0.122 e. The van der Waals surface area contributed by atoms with Crippen molar-refractivity contribution in [2.75, 3.05) is 19.4 Å². The van der Waals surface area contributed by atoms with Gasteiger partial charge in [-0.3, -0.25) is 0 Å². The minimum Gasteiger partial charge on any atom is -0.496 e. The van der Waals surface area contributed by atoms with Crippen LogP contribution in [0.15, 0.2) is 12.1 Å². The second-order valence-corrected chi connectivity index (χ2v) is 3.24. The molecule has 13 heavy (non-hydrogen) atoms. The Labute approximate surface area is 77.9 Å². The molecule has 0 atom stereocenters. The van der Waals surface area contributed by atoms with Gasteiger partial charge in [-0.25, -0.2) is 0 Å². The van der Waals surface area contributed by atoms with Gasteiger partial charge in [-0.05, 0) is 30.7 Å². The van der Waals surface area contributed by atoms with Crippen molar-refractivity contribution in [1.82, 2.24) is 5.32 Å². The molecule has 0 bridgehead atoms. The quantitative estimate of drug-likeness (QED) is 0.629. The van der Waals surface area contributed by atoms with Gasteiger partial charge in [-0.2, -0.15) is 0 Å². The Bertz CT molecular complexity index is 323. The summed E-state index contributed by atoms with van der Waals surface area (Å²) in [7, 11) is 1.70. The molecule has 1 aromatic carbocycles. The van der Waals surface area contributed by atoms with Gasteiger partial charge in [0.25, 0.3) is 0 Å². The minimum absolute atomic E-state index is 0.859. The number of fused-ring (bicyclic) bond motifs is 1. The summed E-state index contributed by atoms with van der Waals surface area (Å²) in [5, 5.41) is 3.30. The fourth-order valence-corrected chi connectivity index (χ4v) is 1.79. The number of ether oxygens (including phenoxy) is 1.